The van der Waals surface area contributed by atoms with Gasteiger partial charge in [0.05, 0.1) is 10.3 Å². The lowest BCUT2D eigenvalue weighted by molar-refractivity contribution is 0.0729. The average Bonchev–Trinajstić information content (AvgIpc) is 2.87. The van der Waals surface area contributed by atoms with Gasteiger partial charge in [-0.05, 0) is 41.3 Å². The van der Waals surface area contributed by atoms with Crippen molar-refractivity contribution in [3.8, 4) is 6.07 Å². The van der Waals surface area contributed by atoms with E-state index in [9.17, 15) is 10.1 Å². The molecular formula is C15H13BrN2OS. The second kappa shape index (κ2) is 5.55. The third kappa shape index (κ3) is 2.23. The summed E-state index contributed by atoms with van der Waals surface area (Å²) in [6, 6.07) is 7.95. The van der Waals surface area contributed by atoms with Gasteiger partial charge in [-0.3, -0.25) is 4.79 Å². The number of nitriles is 1. The molecule has 20 heavy (non-hydrogen) atoms. The minimum atomic E-state index is 0.00866. The Morgan fingerprint density at radius 3 is 2.75 bits per heavy atom. The van der Waals surface area contributed by atoms with Crippen molar-refractivity contribution < 1.29 is 4.79 Å². The molecular weight excluding hydrogens is 336 g/mol. The van der Waals surface area contributed by atoms with Crippen LogP contribution in [0.4, 0.5) is 0 Å². The van der Waals surface area contributed by atoms with Crippen LogP contribution >= 0.6 is 27.3 Å². The molecule has 1 amide bonds. The lowest BCUT2D eigenvalue weighted by Gasteiger charge is -2.26. The van der Waals surface area contributed by atoms with Gasteiger partial charge in [0.2, 0.25) is 0 Å². The number of carbonyl (C=O) groups is 1. The van der Waals surface area contributed by atoms with Crippen LogP contribution in [0.3, 0.4) is 0 Å². The van der Waals surface area contributed by atoms with Gasteiger partial charge in [-0.1, -0.05) is 12.1 Å². The van der Waals surface area contributed by atoms with Crippen molar-refractivity contribution in [3.05, 3.63) is 33.1 Å². The van der Waals surface area contributed by atoms with E-state index in [1.165, 1.54) is 17.8 Å². The third-order valence-electron chi connectivity index (χ3n) is 3.62. The Labute approximate surface area is 129 Å². The zero-order valence-corrected chi connectivity index (χ0v) is 13.3. The molecule has 2 heterocycles. The van der Waals surface area contributed by atoms with Crippen LogP contribution in [-0.4, -0.2) is 23.9 Å². The van der Waals surface area contributed by atoms with Gasteiger partial charge >= 0.3 is 0 Å². The van der Waals surface area contributed by atoms with Gasteiger partial charge in [0.25, 0.3) is 5.91 Å². The van der Waals surface area contributed by atoms with Gasteiger partial charge < -0.3 is 4.90 Å². The van der Waals surface area contributed by atoms with E-state index >= 15 is 0 Å². The Balaban J connectivity index is 2.09. The monoisotopic (exact) mass is 348 g/mol. The van der Waals surface area contributed by atoms with Crippen LogP contribution in [0.2, 0.25) is 0 Å². The Hall–Kier alpha value is -1.38. The Morgan fingerprint density at radius 2 is 2.05 bits per heavy atom. The first kappa shape index (κ1) is 13.6. The van der Waals surface area contributed by atoms with Crippen LogP contribution in [0.25, 0.3) is 10.1 Å². The first-order chi connectivity index (χ1) is 9.72. The summed E-state index contributed by atoms with van der Waals surface area (Å²) < 4.78 is 1.92. The number of fused-ring (bicyclic) bond motifs is 1. The van der Waals surface area contributed by atoms with Crippen molar-refractivity contribution in [2.45, 2.75) is 19.3 Å². The maximum atomic E-state index is 12.6. The Morgan fingerprint density at radius 1 is 1.30 bits per heavy atom. The molecule has 1 aliphatic rings. The summed E-state index contributed by atoms with van der Waals surface area (Å²) >= 11 is 4.91. The van der Waals surface area contributed by atoms with Crippen molar-refractivity contribution in [1.82, 2.24) is 4.90 Å². The van der Waals surface area contributed by atoms with Crippen molar-refractivity contribution in [3.63, 3.8) is 0 Å². The number of thiophene rings is 1. The normalized spacial score (nSPS) is 15.3. The van der Waals surface area contributed by atoms with E-state index in [1.54, 1.807) is 0 Å². The first-order valence-electron chi connectivity index (χ1n) is 6.63. The van der Waals surface area contributed by atoms with Crippen LogP contribution in [0.1, 0.15) is 34.5 Å². The summed E-state index contributed by atoms with van der Waals surface area (Å²) in [5.41, 5.74) is 0.516. The van der Waals surface area contributed by atoms with Crippen LogP contribution in [0.15, 0.2) is 22.7 Å². The van der Waals surface area contributed by atoms with Crippen LogP contribution in [0, 0.1) is 11.3 Å². The molecule has 3 rings (SSSR count). The molecule has 0 atom stereocenters. The Kier molecular flexibility index (Phi) is 3.77. The summed E-state index contributed by atoms with van der Waals surface area (Å²) in [6.45, 7) is 1.61. The minimum Gasteiger partial charge on any atom is -0.338 e. The van der Waals surface area contributed by atoms with E-state index in [1.807, 2.05) is 23.1 Å². The number of rotatable bonds is 1. The number of carbonyl (C=O) groups excluding carboxylic acids is 1. The number of piperidine rings is 1. The van der Waals surface area contributed by atoms with E-state index < -0.39 is 0 Å². The highest BCUT2D eigenvalue weighted by Gasteiger charge is 2.25. The molecule has 1 saturated heterocycles. The van der Waals surface area contributed by atoms with E-state index in [0.29, 0.717) is 10.4 Å². The fourth-order valence-corrected chi connectivity index (χ4v) is 4.32. The predicted molar refractivity (Wildman–Crippen MR) is 84.0 cm³/mol. The molecule has 0 radical (unpaired) electrons. The van der Waals surface area contributed by atoms with E-state index in [0.717, 1.165) is 40.5 Å². The van der Waals surface area contributed by atoms with Crippen molar-refractivity contribution in [2.75, 3.05) is 13.1 Å². The fourth-order valence-electron chi connectivity index (χ4n) is 2.59. The zero-order chi connectivity index (χ0) is 14.1. The summed E-state index contributed by atoms with van der Waals surface area (Å²) in [5, 5.41) is 10.3. The standard InChI is InChI=1S/C15H13BrN2OS/c16-12-6-4-5-10-11(9-17)14(20-13(10)12)15(19)18-7-2-1-3-8-18/h4-6H,1-3,7-8H2. The van der Waals surface area contributed by atoms with Gasteiger partial charge in [0, 0.05) is 22.9 Å². The van der Waals surface area contributed by atoms with Crippen molar-refractivity contribution >= 4 is 43.3 Å². The average molecular weight is 349 g/mol. The fraction of sp³-hybridized carbons (Fsp3) is 0.333. The maximum Gasteiger partial charge on any atom is 0.265 e. The van der Waals surface area contributed by atoms with Gasteiger partial charge in [0.15, 0.2) is 0 Å². The molecule has 0 spiro atoms. The largest absolute Gasteiger partial charge is 0.338 e. The molecule has 102 valence electrons. The van der Waals surface area contributed by atoms with Gasteiger partial charge in [-0.25, -0.2) is 0 Å². The van der Waals surface area contributed by atoms with Crippen molar-refractivity contribution in [1.29, 1.82) is 5.26 Å². The van der Waals surface area contributed by atoms with Crippen LogP contribution in [0.5, 0.6) is 0 Å². The number of amides is 1. The summed E-state index contributed by atoms with van der Waals surface area (Å²) in [4.78, 5) is 15.1. The smallest absolute Gasteiger partial charge is 0.265 e. The first-order valence-corrected chi connectivity index (χ1v) is 8.23. The number of likely N-dealkylation sites (tertiary alicyclic amines) is 1. The molecule has 0 aliphatic carbocycles. The third-order valence-corrected chi connectivity index (χ3v) is 5.77. The van der Waals surface area contributed by atoms with Crippen molar-refractivity contribution in [2.24, 2.45) is 0 Å². The summed E-state index contributed by atoms with van der Waals surface area (Å²) in [7, 11) is 0. The highest BCUT2D eigenvalue weighted by molar-refractivity contribution is 9.10. The van der Waals surface area contributed by atoms with E-state index in [-0.39, 0.29) is 5.91 Å². The number of hydrogen-bond acceptors (Lipinski definition) is 3. The number of hydrogen-bond donors (Lipinski definition) is 0. The summed E-state index contributed by atoms with van der Waals surface area (Å²) in [5.74, 6) is 0.00866. The molecule has 5 heteroatoms. The number of benzene rings is 1. The topological polar surface area (TPSA) is 44.1 Å². The molecule has 1 aromatic heterocycles. The second-order valence-electron chi connectivity index (χ2n) is 4.89. The molecule has 1 aliphatic heterocycles. The van der Waals surface area contributed by atoms with E-state index in [4.69, 9.17) is 0 Å². The SMILES string of the molecule is N#Cc1c(C(=O)N2CCCCC2)sc2c(Br)cccc12. The highest BCUT2D eigenvalue weighted by Crippen LogP contribution is 2.36. The minimum absolute atomic E-state index is 0.00866. The highest BCUT2D eigenvalue weighted by atomic mass is 79.9. The quantitative estimate of drug-likeness (QED) is 0.776. The molecule has 2 aromatic rings. The predicted octanol–water partition coefficient (Wildman–Crippen LogP) is 4.16. The van der Waals surface area contributed by atoms with Gasteiger partial charge in [-0.15, -0.1) is 11.3 Å². The molecule has 1 fully saturated rings. The molecule has 0 saturated carbocycles. The summed E-state index contributed by atoms with van der Waals surface area (Å²) in [6.07, 6.45) is 3.30. The van der Waals surface area contributed by atoms with Crippen LogP contribution in [-0.2, 0) is 0 Å². The molecule has 0 N–H and O–H groups in total. The molecule has 0 bridgehead atoms. The lowest BCUT2D eigenvalue weighted by atomic mass is 10.1. The number of halogens is 1. The van der Waals surface area contributed by atoms with Crippen LogP contribution < -0.4 is 0 Å². The molecule has 1 aromatic carbocycles. The molecule has 0 unspecified atom stereocenters. The zero-order valence-electron chi connectivity index (χ0n) is 10.9. The maximum absolute atomic E-state index is 12.6. The Bertz CT molecular complexity index is 710. The second-order valence-corrected chi connectivity index (χ2v) is 6.76. The molecule has 3 nitrogen and oxygen atoms in total. The van der Waals surface area contributed by atoms with Gasteiger partial charge in [0.1, 0.15) is 10.9 Å². The number of nitrogens with zero attached hydrogens (tertiary/aromatic N) is 2. The lowest BCUT2D eigenvalue weighted by Crippen LogP contribution is -2.35. The van der Waals surface area contributed by atoms with E-state index in [2.05, 4.69) is 22.0 Å². The van der Waals surface area contributed by atoms with Gasteiger partial charge in [-0.2, -0.15) is 5.26 Å².